The molecule has 3 aromatic rings. The quantitative estimate of drug-likeness (QED) is 0.769. The molecule has 2 aromatic heterocycles. The summed E-state index contributed by atoms with van der Waals surface area (Å²) in [5.41, 5.74) is 2.74. The molecule has 7 nitrogen and oxygen atoms in total. The summed E-state index contributed by atoms with van der Waals surface area (Å²) >= 11 is 0. The number of rotatable bonds is 3. The van der Waals surface area contributed by atoms with E-state index in [1.807, 2.05) is 25.1 Å². The molecule has 1 fully saturated rings. The Labute approximate surface area is 156 Å². The Hall–Kier alpha value is -3.09. The van der Waals surface area contributed by atoms with Crippen LogP contribution in [0.3, 0.4) is 0 Å². The molecule has 1 amide bonds. The molecular formula is C20H21N3O4. The van der Waals surface area contributed by atoms with Crippen LogP contribution in [0, 0.1) is 6.92 Å². The zero-order valence-electron chi connectivity index (χ0n) is 15.3. The maximum absolute atomic E-state index is 12.8. The van der Waals surface area contributed by atoms with Gasteiger partial charge in [0.1, 0.15) is 12.1 Å². The van der Waals surface area contributed by atoms with Gasteiger partial charge < -0.3 is 19.0 Å². The van der Waals surface area contributed by atoms with Gasteiger partial charge in [0, 0.05) is 25.1 Å². The van der Waals surface area contributed by atoms with Gasteiger partial charge in [0.2, 0.25) is 11.2 Å². The number of benzene rings is 1. The maximum Gasteiger partial charge on any atom is 0.289 e. The fourth-order valence-corrected chi connectivity index (χ4v) is 3.59. The molecule has 4 rings (SSSR count). The fraction of sp³-hybridized carbons (Fsp3) is 0.350. The minimum absolute atomic E-state index is 0.0295. The van der Waals surface area contributed by atoms with E-state index in [0.717, 1.165) is 35.3 Å². The molecule has 140 valence electrons. The minimum atomic E-state index is -0.367. The van der Waals surface area contributed by atoms with Crippen molar-refractivity contribution in [3.05, 3.63) is 57.9 Å². The highest BCUT2D eigenvalue weighted by molar-refractivity contribution is 5.91. The maximum atomic E-state index is 12.8. The van der Waals surface area contributed by atoms with Crippen LogP contribution in [0.1, 0.15) is 40.7 Å². The fourth-order valence-electron chi connectivity index (χ4n) is 3.59. The van der Waals surface area contributed by atoms with Crippen molar-refractivity contribution in [3.63, 3.8) is 0 Å². The number of likely N-dealkylation sites (tertiary alicyclic amines) is 1. The molecule has 0 bridgehead atoms. The number of piperidine rings is 1. The summed E-state index contributed by atoms with van der Waals surface area (Å²) in [4.78, 5) is 34.5. The van der Waals surface area contributed by atoms with Crippen LogP contribution in [0.5, 0.6) is 5.75 Å². The Bertz CT molecular complexity index is 1050. The Kier molecular flexibility index (Phi) is 4.43. The van der Waals surface area contributed by atoms with Crippen molar-refractivity contribution in [2.24, 2.45) is 0 Å². The van der Waals surface area contributed by atoms with Crippen LogP contribution in [0.15, 0.2) is 39.7 Å². The molecular weight excluding hydrogens is 346 g/mol. The number of hydrogen-bond acceptors (Lipinski definition) is 5. The molecule has 3 heterocycles. The molecule has 0 spiro atoms. The number of nitrogens with one attached hydrogen (secondary N) is 1. The number of ether oxygens (including phenoxy) is 1. The van der Waals surface area contributed by atoms with Gasteiger partial charge in [-0.25, -0.2) is 4.98 Å². The van der Waals surface area contributed by atoms with Crippen molar-refractivity contribution in [1.82, 2.24) is 14.9 Å². The lowest BCUT2D eigenvalue weighted by atomic mass is 9.97. The molecule has 0 aliphatic carbocycles. The molecule has 0 radical (unpaired) electrons. The number of methoxy groups -OCH3 is 1. The first kappa shape index (κ1) is 17.3. The van der Waals surface area contributed by atoms with Crippen molar-refractivity contribution in [2.75, 3.05) is 20.2 Å². The summed E-state index contributed by atoms with van der Waals surface area (Å²) in [6.45, 7) is 3.20. The smallest absolute Gasteiger partial charge is 0.289 e. The van der Waals surface area contributed by atoms with Gasteiger partial charge in [-0.1, -0.05) is 12.1 Å². The highest BCUT2D eigenvalue weighted by Crippen LogP contribution is 2.28. The van der Waals surface area contributed by atoms with Crippen LogP contribution in [0.25, 0.3) is 11.0 Å². The molecule has 1 unspecified atom stereocenters. The van der Waals surface area contributed by atoms with Crippen LogP contribution < -0.4 is 10.2 Å². The number of carbonyl (C=O) groups excluding carboxylic acids is 1. The number of carbonyl (C=O) groups is 1. The molecule has 0 saturated carbocycles. The third-order valence-electron chi connectivity index (χ3n) is 5.06. The predicted octanol–water partition coefficient (Wildman–Crippen LogP) is 2.85. The number of aryl methyl sites for hydroxylation is 1. The molecule has 1 aliphatic rings. The summed E-state index contributed by atoms with van der Waals surface area (Å²) in [6.07, 6.45) is 3.00. The van der Waals surface area contributed by atoms with Gasteiger partial charge in [0.15, 0.2) is 5.76 Å². The van der Waals surface area contributed by atoms with Crippen LogP contribution in [0.4, 0.5) is 0 Å². The van der Waals surface area contributed by atoms with Crippen molar-refractivity contribution < 1.29 is 13.9 Å². The van der Waals surface area contributed by atoms with E-state index in [1.54, 1.807) is 4.90 Å². The lowest BCUT2D eigenvalue weighted by Gasteiger charge is -2.31. The highest BCUT2D eigenvalue weighted by Gasteiger charge is 2.29. The van der Waals surface area contributed by atoms with Gasteiger partial charge >= 0.3 is 0 Å². The summed E-state index contributed by atoms with van der Waals surface area (Å²) in [5.74, 6) is 0.849. The molecule has 7 heteroatoms. The summed E-state index contributed by atoms with van der Waals surface area (Å²) < 4.78 is 10.2. The number of aromatic amines is 1. The first-order valence-electron chi connectivity index (χ1n) is 8.98. The summed E-state index contributed by atoms with van der Waals surface area (Å²) in [6, 6.07) is 7.24. The van der Waals surface area contributed by atoms with E-state index in [1.165, 1.54) is 19.4 Å². The number of hydrogen-bond donors (Lipinski definition) is 1. The second-order valence-electron chi connectivity index (χ2n) is 6.86. The first-order valence-corrected chi connectivity index (χ1v) is 8.98. The summed E-state index contributed by atoms with van der Waals surface area (Å²) in [5, 5.41) is 0. The topological polar surface area (TPSA) is 88.4 Å². The standard InChI is InChI=1S/C20H21N3O4/c1-12-5-3-7-14-18(12)22-19(21-14)13-6-4-8-23(10-13)20(25)16-9-15(24)17(26-2)11-27-16/h3,5,7,9,11,13H,4,6,8,10H2,1-2H3,(H,21,22). The van der Waals surface area contributed by atoms with E-state index < -0.39 is 0 Å². The van der Waals surface area contributed by atoms with E-state index in [0.29, 0.717) is 13.1 Å². The van der Waals surface area contributed by atoms with Gasteiger partial charge in [0.25, 0.3) is 5.91 Å². The van der Waals surface area contributed by atoms with Gasteiger partial charge in [-0.3, -0.25) is 9.59 Å². The Morgan fingerprint density at radius 3 is 3.00 bits per heavy atom. The van der Waals surface area contributed by atoms with E-state index in [2.05, 4.69) is 4.98 Å². The third-order valence-corrected chi connectivity index (χ3v) is 5.06. The second-order valence-corrected chi connectivity index (χ2v) is 6.86. The van der Waals surface area contributed by atoms with Crippen LogP contribution >= 0.6 is 0 Å². The average molecular weight is 367 g/mol. The van der Waals surface area contributed by atoms with Crippen LogP contribution in [-0.4, -0.2) is 41.0 Å². The van der Waals surface area contributed by atoms with Gasteiger partial charge in [-0.05, 0) is 31.4 Å². The first-order chi connectivity index (χ1) is 13.1. The minimum Gasteiger partial charge on any atom is -0.490 e. The van der Waals surface area contributed by atoms with Crippen LogP contribution in [0.2, 0.25) is 0 Å². The van der Waals surface area contributed by atoms with Gasteiger partial charge in [-0.15, -0.1) is 0 Å². The van der Waals surface area contributed by atoms with Gasteiger partial charge in [0.05, 0.1) is 18.1 Å². The number of nitrogens with zero attached hydrogens (tertiary/aromatic N) is 2. The molecule has 1 aromatic carbocycles. The van der Waals surface area contributed by atoms with E-state index >= 15 is 0 Å². The Balaban J connectivity index is 1.56. The molecule has 1 aliphatic heterocycles. The molecule has 1 N–H and O–H groups in total. The molecule has 27 heavy (non-hydrogen) atoms. The average Bonchev–Trinajstić information content (AvgIpc) is 3.13. The number of H-pyrrole nitrogens is 1. The lowest BCUT2D eigenvalue weighted by Crippen LogP contribution is -2.39. The predicted molar refractivity (Wildman–Crippen MR) is 100 cm³/mol. The molecule has 1 saturated heterocycles. The third kappa shape index (κ3) is 3.20. The normalized spacial score (nSPS) is 17.3. The van der Waals surface area contributed by atoms with E-state index in [4.69, 9.17) is 14.1 Å². The lowest BCUT2D eigenvalue weighted by molar-refractivity contribution is 0.0669. The largest absolute Gasteiger partial charge is 0.490 e. The highest BCUT2D eigenvalue weighted by atomic mass is 16.5. The number of para-hydroxylation sites is 1. The molecule has 1 atom stereocenters. The zero-order chi connectivity index (χ0) is 19.0. The number of amides is 1. The Morgan fingerprint density at radius 1 is 1.41 bits per heavy atom. The van der Waals surface area contributed by atoms with Crippen molar-refractivity contribution in [3.8, 4) is 5.75 Å². The van der Waals surface area contributed by atoms with Crippen molar-refractivity contribution in [2.45, 2.75) is 25.7 Å². The van der Waals surface area contributed by atoms with E-state index in [9.17, 15) is 9.59 Å². The van der Waals surface area contributed by atoms with Crippen LogP contribution in [-0.2, 0) is 0 Å². The van der Waals surface area contributed by atoms with E-state index in [-0.39, 0.29) is 28.8 Å². The number of imidazole rings is 1. The monoisotopic (exact) mass is 367 g/mol. The number of fused-ring (bicyclic) bond motifs is 1. The SMILES string of the molecule is COc1coc(C(=O)N2CCCC(c3nc4c(C)cccc4[nH]3)C2)cc1=O. The number of aromatic nitrogens is 2. The van der Waals surface area contributed by atoms with Gasteiger partial charge in [-0.2, -0.15) is 0 Å². The Morgan fingerprint density at radius 2 is 2.26 bits per heavy atom. The second kappa shape index (κ2) is 6.90. The van der Waals surface area contributed by atoms with Crippen molar-refractivity contribution in [1.29, 1.82) is 0 Å². The zero-order valence-corrected chi connectivity index (χ0v) is 15.3. The van der Waals surface area contributed by atoms with Crippen molar-refractivity contribution >= 4 is 16.9 Å². The summed E-state index contributed by atoms with van der Waals surface area (Å²) in [7, 11) is 1.39.